The third kappa shape index (κ3) is 3.68. The first-order valence-corrected chi connectivity index (χ1v) is 9.78. The van der Waals surface area contributed by atoms with Crippen molar-refractivity contribution in [1.29, 1.82) is 5.26 Å². The highest BCUT2D eigenvalue weighted by molar-refractivity contribution is 5.62. The Morgan fingerprint density at radius 1 is 1.23 bits per heavy atom. The van der Waals surface area contributed by atoms with Crippen LogP contribution in [0.15, 0.2) is 30.7 Å². The number of hydrogen-bond donors (Lipinski definition) is 0. The summed E-state index contributed by atoms with van der Waals surface area (Å²) in [6.07, 6.45) is 1.67. The van der Waals surface area contributed by atoms with Gasteiger partial charge < -0.3 is 4.90 Å². The van der Waals surface area contributed by atoms with Crippen LogP contribution in [-0.2, 0) is 0 Å². The molecule has 2 unspecified atom stereocenters. The van der Waals surface area contributed by atoms with Crippen LogP contribution < -0.4 is 4.90 Å². The van der Waals surface area contributed by atoms with Crippen molar-refractivity contribution < 1.29 is 8.78 Å². The summed E-state index contributed by atoms with van der Waals surface area (Å²) in [5.41, 5.74) is 1.24. The van der Waals surface area contributed by atoms with Gasteiger partial charge in [-0.1, -0.05) is 0 Å². The van der Waals surface area contributed by atoms with Crippen molar-refractivity contribution in [2.24, 2.45) is 0 Å². The molecule has 0 bridgehead atoms. The van der Waals surface area contributed by atoms with Crippen molar-refractivity contribution in [3.63, 3.8) is 0 Å². The lowest BCUT2D eigenvalue weighted by atomic mass is 9.98. The molecular formula is C20H22F2N8. The molecule has 10 heteroatoms. The highest BCUT2D eigenvalue weighted by Gasteiger charge is 2.32. The lowest BCUT2D eigenvalue weighted by molar-refractivity contribution is 0.144. The molecule has 156 valence electrons. The Morgan fingerprint density at radius 2 is 2.07 bits per heavy atom. The van der Waals surface area contributed by atoms with Crippen LogP contribution in [0, 0.1) is 11.3 Å². The summed E-state index contributed by atoms with van der Waals surface area (Å²) < 4.78 is 27.6. The van der Waals surface area contributed by atoms with Crippen LogP contribution in [0.1, 0.15) is 31.9 Å². The second kappa shape index (κ2) is 8.28. The minimum absolute atomic E-state index is 0.158. The highest BCUT2D eigenvalue weighted by Crippen LogP contribution is 2.27. The number of halogens is 2. The van der Waals surface area contributed by atoms with Crippen molar-refractivity contribution in [2.75, 3.05) is 25.0 Å². The number of alkyl halides is 2. The molecule has 8 nitrogen and oxygen atoms in total. The molecule has 0 saturated carbocycles. The summed E-state index contributed by atoms with van der Waals surface area (Å²) >= 11 is 0. The van der Waals surface area contributed by atoms with Crippen LogP contribution in [0.4, 0.5) is 14.6 Å². The van der Waals surface area contributed by atoms with E-state index in [0.717, 1.165) is 25.3 Å². The maximum absolute atomic E-state index is 13.1. The van der Waals surface area contributed by atoms with Gasteiger partial charge in [0.05, 0.1) is 18.0 Å². The zero-order valence-corrected chi connectivity index (χ0v) is 16.8. The van der Waals surface area contributed by atoms with Crippen LogP contribution in [0.3, 0.4) is 0 Å². The van der Waals surface area contributed by atoms with Crippen molar-refractivity contribution in [1.82, 2.24) is 29.5 Å². The maximum atomic E-state index is 13.1. The fourth-order valence-electron chi connectivity index (χ4n) is 4.03. The number of fused-ring (bicyclic) bond motifs is 1. The number of anilines is 1. The number of nitriles is 1. The molecule has 0 N–H and O–H groups in total. The van der Waals surface area contributed by atoms with E-state index in [9.17, 15) is 8.78 Å². The van der Waals surface area contributed by atoms with E-state index in [0.29, 0.717) is 23.5 Å². The van der Waals surface area contributed by atoms with E-state index < -0.39 is 6.43 Å². The second-order valence-electron chi connectivity index (χ2n) is 7.41. The van der Waals surface area contributed by atoms with Crippen LogP contribution >= 0.6 is 0 Å². The molecule has 0 aromatic carbocycles. The van der Waals surface area contributed by atoms with Crippen molar-refractivity contribution in [3.8, 4) is 17.5 Å². The lowest BCUT2D eigenvalue weighted by Gasteiger charge is -2.45. The Labute approximate surface area is 172 Å². The van der Waals surface area contributed by atoms with Gasteiger partial charge in [-0.05, 0) is 32.5 Å². The Balaban J connectivity index is 1.67. The van der Waals surface area contributed by atoms with Crippen LogP contribution in [0.5, 0.6) is 0 Å². The Kier molecular flexibility index (Phi) is 5.55. The zero-order valence-electron chi connectivity index (χ0n) is 16.8. The molecule has 1 aliphatic heterocycles. The third-order valence-corrected chi connectivity index (χ3v) is 5.68. The molecule has 1 saturated heterocycles. The molecule has 0 radical (unpaired) electrons. The first kappa shape index (κ1) is 20.1. The molecule has 4 heterocycles. The molecule has 3 aromatic heterocycles. The summed E-state index contributed by atoms with van der Waals surface area (Å²) in [4.78, 5) is 17.5. The lowest BCUT2D eigenvalue weighted by Crippen LogP contribution is -2.57. The molecule has 0 amide bonds. The molecule has 0 aliphatic carbocycles. The summed E-state index contributed by atoms with van der Waals surface area (Å²) in [5.74, 6) is 0.752. The molecule has 1 fully saturated rings. The van der Waals surface area contributed by atoms with E-state index in [1.807, 2.05) is 6.07 Å². The third-order valence-electron chi connectivity index (χ3n) is 5.68. The van der Waals surface area contributed by atoms with Crippen molar-refractivity contribution in [3.05, 3.63) is 36.4 Å². The fraction of sp³-hybridized carbons (Fsp3) is 0.450. The molecular weight excluding hydrogens is 390 g/mol. The second-order valence-corrected chi connectivity index (χ2v) is 7.41. The molecule has 4 rings (SSSR count). The monoisotopic (exact) mass is 412 g/mol. The number of rotatable bonds is 5. The number of hydrogen-bond acceptors (Lipinski definition) is 7. The minimum atomic E-state index is -2.66. The topological polar surface area (TPSA) is 86.2 Å². The normalized spacial score (nSPS) is 20.1. The molecule has 1 aliphatic rings. The molecule has 30 heavy (non-hydrogen) atoms. The summed E-state index contributed by atoms with van der Waals surface area (Å²) in [6.45, 7) is 3.77. The standard InChI is InChI=1S/C20H22F2N8/c1-13-16(4-3-7-23)28(2)8-9-29(13)19-10-15(25-12-26-19)17-11-24-18-6-5-14(20(21)22)27-30(17)18/h5-6,10-13,16,20H,3-4,8-9H2,1-2H3. The van der Waals surface area contributed by atoms with Gasteiger partial charge in [0, 0.05) is 37.7 Å². The SMILES string of the molecule is CC1C(CCC#N)N(C)CCN1c1cc(-c2cnc3ccc(C(F)F)nn23)ncn1. The highest BCUT2D eigenvalue weighted by atomic mass is 19.3. The van der Waals surface area contributed by atoms with Crippen molar-refractivity contribution >= 4 is 11.5 Å². The van der Waals surface area contributed by atoms with Crippen molar-refractivity contribution in [2.45, 2.75) is 38.3 Å². The average molecular weight is 412 g/mol. The maximum Gasteiger partial charge on any atom is 0.282 e. The molecule has 2 atom stereocenters. The Bertz CT molecular complexity index is 1080. The first-order valence-electron chi connectivity index (χ1n) is 9.78. The van der Waals surface area contributed by atoms with Crippen LogP contribution in [-0.4, -0.2) is 61.7 Å². The number of imidazole rings is 1. The first-order chi connectivity index (χ1) is 14.5. The predicted octanol–water partition coefficient (Wildman–Crippen LogP) is 2.94. The van der Waals surface area contributed by atoms with Gasteiger partial charge in [-0.3, -0.25) is 4.90 Å². The van der Waals surface area contributed by atoms with Gasteiger partial charge in [0.1, 0.15) is 23.5 Å². The smallest absolute Gasteiger partial charge is 0.282 e. The molecule has 0 spiro atoms. The van der Waals surface area contributed by atoms with Gasteiger partial charge >= 0.3 is 0 Å². The van der Waals surface area contributed by atoms with E-state index in [1.165, 1.54) is 23.0 Å². The van der Waals surface area contributed by atoms with Gasteiger partial charge in [-0.25, -0.2) is 28.2 Å². The number of likely N-dealkylation sites (N-methyl/N-ethyl adjacent to an activating group) is 1. The van der Waals surface area contributed by atoms with Crippen LogP contribution in [0.2, 0.25) is 0 Å². The Hall–Kier alpha value is -3.19. The largest absolute Gasteiger partial charge is 0.351 e. The fourth-order valence-corrected chi connectivity index (χ4v) is 4.03. The van der Waals surface area contributed by atoms with E-state index in [2.05, 4.69) is 49.9 Å². The number of nitrogens with zero attached hydrogens (tertiary/aromatic N) is 8. The predicted molar refractivity (Wildman–Crippen MR) is 107 cm³/mol. The summed E-state index contributed by atoms with van der Waals surface area (Å²) in [5, 5.41) is 13.0. The van der Waals surface area contributed by atoms with E-state index in [1.54, 1.807) is 6.20 Å². The van der Waals surface area contributed by atoms with E-state index >= 15 is 0 Å². The van der Waals surface area contributed by atoms with E-state index in [-0.39, 0.29) is 17.8 Å². The van der Waals surface area contributed by atoms with Gasteiger partial charge in [0.25, 0.3) is 6.43 Å². The van der Waals surface area contributed by atoms with Gasteiger partial charge in [-0.15, -0.1) is 0 Å². The zero-order chi connectivity index (χ0) is 21.3. The summed E-state index contributed by atoms with van der Waals surface area (Å²) in [7, 11) is 2.08. The number of aromatic nitrogens is 5. The van der Waals surface area contributed by atoms with Gasteiger partial charge in [0.15, 0.2) is 5.65 Å². The Morgan fingerprint density at radius 3 is 2.83 bits per heavy atom. The quantitative estimate of drug-likeness (QED) is 0.637. The van der Waals surface area contributed by atoms with Crippen LogP contribution in [0.25, 0.3) is 17.0 Å². The average Bonchev–Trinajstić information content (AvgIpc) is 3.17. The minimum Gasteiger partial charge on any atom is -0.351 e. The van der Waals surface area contributed by atoms with Gasteiger partial charge in [0.2, 0.25) is 0 Å². The van der Waals surface area contributed by atoms with E-state index in [4.69, 9.17) is 5.26 Å². The number of piperazine rings is 1. The summed E-state index contributed by atoms with van der Waals surface area (Å²) in [6, 6.07) is 7.25. The van der Waals surface area contributed by atoms with Gasteiger partial charge in [-0.2, -0.15) is 10.4 Å². The molecule has 3 aromatic rings.